The standard InChI is InChI=1S/C24H22F2N4/c1-16(13-27)17-4-2-5-18(10-17)19-7-8-22(29-14-19)30-15-24(11-20(25)12-24)23-21(26)6-3-9-28-23/h2-10,14,16,20H,11-12,15H2,1H3,(H,29,30)/t16-,20?,24?/m1/s1. The van der Waals surface area contributed by atoms with Gasteiger partial charge in [0, 0.05) is 29.9 Å². The van der Waals surface area contributed by atoms with E-state index in [1.807, 2.05) is 43.3 Å². The number of hydrogen-bond acceptors (Lipinski definition) is 4. The molecule has 1 saturated carbocycles. The molecule has 3 aromatic rings. The largest absolute Gasteiger partial charge is 0.369 e. The van der Waals surface area contributed by atoms with E-state index in [1.54, 1.807) is 12.4 Å². The van der Waals surface area contributed by atoms with Crippen molar-refractivity contribution in [3.05, 3.63) is 78.0 Å². The molecule has 0 radical (unpaired) electrons. The molecule has 0 aliphatic heterocycles. The SMILES string of the molecule is C[C@H](C#N)c1cccc(-c2ccc(NCC3(c4ncccc4F)CC(F)C3)nc2)c1. The minimum Gasteiger partial charge on any atom is -0.369 e. The fourth-order valence-electron chi connectivity index (χ4n) is 3.98. The molecule has 0 saturated heterocycles. The molecule has 1 N–H and O–H groups in total. The molecule has 0 unspecified atom stereocenters. The second kappa shape index (κ2) is 8.19. The number of nitriles is 1. The maximum absolute atomic E-state index is 14.3. The summed E-state index contributed by atoms with van der Waals surface area (Å²) in [5.74, 6) is 0.0585. The average molecular weight is 404 g/mol. The summed E-state index contributed by atoms with van der Waals surface area (Å²) in [6, 6.07) is 16.8. The van der Waals surface area contributed by atoms with Gasteiger partial charge in [-0.2, -0.15) is 5.26 Å². The zero-order chi connectivity index (χ0) is 21.1. The first-order valence-electron chi connectivity index (χ1n) is 9.96. The normalized spacial score (nSPS) is 21.3. The molecule has 1 aliphatic rings. The molecular weight excluding hydrogens is 382 g/mol. The lowest BCUT2D eigenvalue weighted by molar-refractivity contribution is 0.0964. The van der Waals surface area contributed by atoms with E-state index in [0.29, 0.717) is 18.1 Å². The van der Waals surface area contributed by atoms with E-state index in [1.165, 1.54) is 12.1 Å². The maximum atomic E-state index is 14.3. The van der Waals surface area contributed by atoms with Crippen LogP contribution >= 0.6 is 0 Å². The number of benzene rings is 1. The third-order valence-corrected chi connectivity index (χ3v) is 5.77. The summed E-state index contributed by atoms with van der Waals surface area (Å²) in [6.45, 7) is 2.23. The van der Waals surface area contributed by atoms with Crippen LogP contribution in [0, 0.1) is 17.1 Å². The predicted octanol–water partition coefficient (Wildman–Crippen LogP) is 5.39. The van der Waals surface area contributed by atoms with Gasteiger partial charge in [0.15, 0.2) is 0 Å². The highest BCUT2D eigenvalue weighted by Gasteiger charge is 2.48. The van der Waals surface area contributed by atoms with E-state index in [2.05, 4.69) is 21.4 Å². The van der Waals surface area contributed by atoms with Crippen molar-refractivity contribution in [3.63, 3.8) is 0 Å². The van der Waals surface area contributed by atoms with Gasteiger partial charge < -0.3 is 5.32 Å². The molecule has 4 nitrogen and oxygen atoms in total. The summed E-state index contributed by atoms with van der Waals surface area (Å²) in [7, 11) is 0. The minimum atomic E-state index is -0.938. The first-order chi connectivity index (χ1) is 14.5. The number of rotatable bonds is 6. The van der Waals surface area contributed by atoms with Crippen LogP contribution in [-0.2, 0) is 5.41 Å². The number of nitrogens with one attached hydrogen (secondary N) is 1. The van der Waals surface area contributed by atoms with Crippen molar-refractivity contribution in [2.24, 2.45) is 0 Å². The Bertz CT molecular complexity index is 1070. The van der Waals surface area contributed by atoms with Gasteiger partial charge in [-0.15, -0.1) is 0 Å². The molecule has 1 fully saturated rings. The number of alkyl halides is 1. The summed E-state index contributed by atoms with van der Waals surface area (Å²) in [5.41, 5.74) is 2.53. The van der Waals surface area contributed by atoms with Gasteiger partial charge in [0.05, 0.1) is 17.7 Å². The third kappa shape index (κ3) is 3.88. The summed E-state index contributed by atoms with van der Waals surface area (Å²) < 4.78 is 28.0. The van der Waals surface area contributed by atoms with Crippen LogP contribution in [0.25, 0.3) is 11.1 Å². The Kier molecular flexibility index (Phi) is 5.45. The van der Waals surface area contributed by atoms with Gasteiger partial charge in [0.1, 0.15) is 17.8 Å². The van der Waals surface area contributed by atoms with Crippen LogP contribution in [0.3, 0.4) is 0 Å². The highest BCUT2D eigenvalue weighted by atomic mass is 19.1. The monoisotopic (exact) mass is 404 g/mol. The number of aromatic nitrogens is 2. The lowest BCUT2D eigenvalue weighted by atomic mass is 9.65. The van der Waals surface area contributed by atoms with E-state index in [9.17, 15) is 8.78 Å². The fourth-order valence-corrected chi connectivity index (χ4v) is 3.98. The lowest BCUT2D eigenvalue weighted by Gasteiger charge is -2.44. The molecule has 1 atom stereocenters. The molecule has 0 spiro atoms. The third-order valence-electron chi connectivity index (χ3n) is 5.77. The summed E-state index contributed by atoms with van der Waals surface area (Å²) in [6.07, 6.45) is 2.85. The van der Waals surface area contributed by atoms with Crippen molar-refractivity contribution in [2.75, 3.05) is 11.9 Å². The Balaban J connectivity index is 1.49. The lowest BCUT2D eigenvalue weighted by Crippen LogP contribution is -2.49. The predicted molar refractivity (Wildman–Crippen MR) is 112 cm³/mol. The van der Waals surface area contributed by atoms with Crippen LogP contribution in [0.2, 0.25) is 0 Å². The van der Waals surface area contributed by atoms with Crippen LogP contribution < -0.4 is 5.32 Å². The summed E-state index contributed by atoms with van der Waals surface area (Å²) in [5, 5.41) is 12.4. The number of pyridine rings is 2. The maximum Gasteiger partial charge on any atom is 0.145 e. The smallest absolute Gasteiger partial charge is 0.145 e. The van der Waals surface area contributed by atoms with Gasteiger partial charge in [-0.05, 0) is 61.2 Å². The first kappa shape index (κ1) is 20.0. The van der Waals surface area contributed by atoms with Gasteiger partial charge in [0.25, 0.3) is 0 Å². The zero-order valence-corrected chi connectivity index (χ0v) is 16.6. The van der Waals surface area contributed by atoms with Crippen molar-refractivity contribution in [3.8, 4) is 17.2 Å². The summed E-state index contributed by atoms with van der Waals surface area (Å²) >= 11 is 0. The molecule has 2 aromatic heterocycles. The van der Waals surface area contributed by atoms with Crippen molar-refractivity contribution < 1.29 is 8.78 Å². The number of hydrogen-bond donors (Lipinski definition) is 1. The van der Waals surface area contributed by atoms with Crippen molar-refractivity contribution in [1.82, 2.24) is 9.97 Å². The van der Waals surface area contributed by atoms with Crippen molar-refractivity contribution >= 4 is 5.82 Å². The van der Waals surface area contributed by atoms with E-state index < -0.39 is 17.4 Å². The Labute approximate surface area is 174 Å². The molecule has 0 bridgehead atoms. The first-order valence-corrected chi connectivity index (χ1v) is 9.96. The van der Waals surface area contributed by atoms with Crippen molar-refractivity contribution in [1.29, 1.82) is 5.26 Å². The average Bonchev–Trinajstić information content (AvgIpc) is 2.76. The quantitative estimate of drug-likeness (QED) is 0.598. The molecule has 6 heteroatoms. The topological polar surface area (TPSA) is 61.6 Å². The van der Waals surface area contributed by atoms with Gasteiger partial charge in [0.2, 0.25) is 0 Å². The minimum absolute atomic E-state index is 0.177. The van der Waals surface area contributed by atoms with Gasteiger partial charge >= 0.3 is 0 Å². The van der Waals surface area contributed by atoms with E-state index >= 15 is 0 Å². The highest BCUT2D eigenvalue weighted by molar-refractivity contribution is 5.65. The molecule has 0 amide bonds. The van der Waals surface area contributed by atoms with Gasteiger partial charge in [-0.1, -0.05) is 18.2 Å². The van der Waals surface area contributed by atoms with Gasteiger partial charge in [-0.3, -0.25) is 4.98 Å². The fraction of sp³-hybridized carbons (Fsp3) is 0.292. The Morgan fingerprint density at radius 1 is 1.17 bits per heavy atom. The highest BCUT2D eigenvalue weighted by Crippen LogP contribution is 2.45. The number of nitrogens with zero attached hydrogens (tertiary/aromatic N) is 3. The second-order valence-corrected chi connectivity index (χ2v) is 7.88. The molecule has 2 heterocycles. The van der Waals surface area contributed by atoms with E-state index in [0.717, 1.165) is 16.7 Å². The van der Waals surface area contributed by atoms with Crippen LogP contribution in [0.5, 0.6) is 0 Å². The molecule has 30 heavy (non-hydrogen) atoms. The van der Waals surface area contributed by atoms with Crippen LogP contribution in [0.15, 0.2) is 60.9 Å². The molecule has 4 rings (SSSR count). The van der Waals surface area contributed by atoms with Crippen LogP contribution in [0.4, 0.5) is 14.6 Å². The molecule has 152 valence electrons. The number of halogens is 2. The summed E-state index contributed by atoms with van der Waals surface area (Å²) in [4.78, 5) is 8.64. The second-order valence-electron chi connectivity index (χ2n) is 7.88. The molecule has 1 aliphatic carbocycles. The van der Waals surface area contributed by atoms with Gasteiger partial charge in [-0.25, -0.2) is 13.8 Å². The van der Waals surface area contributed by atoms with E-state index in [4.69, 9.17) is 5.26 Å². The van der Waals surface area contributed by atoms with Crippen molar-refractivity contribution in [2.45, 2.75) is 37.3 Å². The van der Waals surface area contributed by atoms with Crippen LogP contribution in [-0.4, -0.2) is 22.7 Å². The molecular formula is C24H22F2N4. The Hall–Kier alpha value is -3.33. The number of anilines is 1. The van der Waals surface area contributed by atoms with E-state index in [-0.39, 0.29) is 18.8 Å². The Morgan fingerprint density at radius 2 is 2.00 bits per heavy atom. The Morgan fingerprint density at radius 3 is 2.67 bits per heavy atom. The van der Waals surface area contributed by atoms with Crippen LogP contribution in [0.1, 0.15) is 36.9 Å². The zero-order valence-electron chi connectivity index (χ0n) is 16.6. The molecule has 1 aromatic carbocycles.